The summed E-state index contributed by atoms with van der Waals surface area (Å²) in [6.07, 6.45) is 2.49. The molecule has 1 saturated heterocycles. The highest BCUT2D eigenvalue weighted by Gasteiger charge is 2.23. The van der Waals surface area contributed by atoms with Gasteiger partial charge in [0.05, 0.1) is 6.54 Å². The molecule has 1 unspecified atom stereocenters. The van der Waals surface area contributed by atoms with Crippen LogP contribution in [-0.4, -0.2) is 47.2 Å². The maximum Gasteiger partial charge on any atom is 0.217 e. The van der Waals surface area contributed by atoms with E-state index in [9.17, 15) is 4.79 Å². The highest BCUT2D eigenvalue weighted by Crippen LogP contribution is 2.19. The number of aryl methyl sites for hydroxylation is 1. The second kappa shape index (κ2) is 7.05. The first-order valence-corrected chi connectivity index (χ1v) is 7.12. The average Bonchev–Trinajstić information content (AvgIpc) is 2.85. The van der Waals surface area contributed by atoms with E-state index in [1.165, 1.54) is 0 Å². The van der Waals surface area contributed by atoms with Gasteiger partial charge in [0.2, 0.25) is 5.91 Å². The van der Waals surface area contributed by atoms with Crippen LogP contribution in [0.2, 0.25) is 0 Å². The van der Waals surface area contributed by atoms with Crippen LogP contribution < -0.4 is 11.1 Å². The highest BCUT2D eigenvalue weighted by atomic mass is 16.6. The van der Waals surface area contributed by atoms with Gasteiger partial charge in [-0.05, 0) is 25.7 Å². The van der Waals surface area contributed by atoms with Gasteiger partial charge in [-0.2, -0.15) is 0 Å². The molecule has 0 saturated carbocycles. The van der Waals surface area contributed by atoms with Gasteiger partial charge < -0.3 is 16.0 Å². The number of guanidine groups is 1. The summed E-state index contributed by atoms with van der Waals surface area (Å²) < 4.78 is 4.67. The van der Waals surface area contributed by atoms with Crippen molar-refractivity contribution in [2.24, 2.45) is 16.6 Å². The smallest absolute Gasteiger partial charge is 0.217 e. The molecule has 1 amide bonds. The molecule has 0 radical (unpaired) electrons. The number of nitrogens with zero attached hydrogens (tertiary/aromatic N) is 4. The van der Waals surface area contributed by atoms with Crippen LogP contribution in [0.4, 0.5) is 0 Å². The lowest BCUT2D eigenvalue weighted by Crippen LogP contribution is -2.47. The number of hydrogen-bond acceptors (Lipinski definition) is 5. The number of primary amides is 1. The van der Waals surface area contributed by atoms with Crippen LogP contribution in [0.1, 0.15) is 30.7 Å². The Morgan fingerprint density at radius 3 is 3.00 bits per heavy atom. The molecule has 1 atom stereocenters. The zero-order chi connectivity index (χ0) is 15.2. The number of carbonyl (C=O) groups is 1. The van der Waals surface area contributed by atoms with Crippen molar-refractivity contribution in [1.29, 1.82) is 0 Å². The fraction of sp³-hybridized carbons (Fsp3) is 0.692. The molecule has 1 aromatic rings. The summed E-state index contributed by atoms with van der Waals surface area (Å²) in [4.78, 5) is 17.5. The minimum atomic E-state index is -0.242. The van der Waals surface area contributed by atoms with Crippen molar-refractivity contribution < 1.29 is 9.42 Å². The Labute approximate surface area is 123 Å². The number of likely N-dealkylation sites (tertiary alicyclic amines) is 1. The average molecular weight is 294 g/mol. The van der Waals surface area contributed by atoms with E-state index in [0.29, 0.717) is 18.9 Å². The summed E-state index contributed by atoms with van der Waals surface area (Å²) in [6, 6.07) is 0. The number of aliphatic imine (C=N–C) groups is 1. The van der Waals surface area contributed by atoms with Gasteiger partial charge >= 0.3 is 0 Å². The van der Waals surface area contributed by atoms with Crippen molar-refractivity contribution in [1.82, 2.24) is 20.5 Å². The van der Waals surface area contributed by atoms with Gasteiger partial charge in [-0.25, -0.2) is 4.63 Å². The number of carbonyl (C=O) groups excluding carboxylic acids is 1. The third kappa shape index (κ3) is 4.17. The molecule has 1 aliphatic rings. The first-order chi connectivity index (χ1) is 10.1. The first kappa shape index (κ1) is 15.3. The van der Waals surface area contributed by atoms with Crippen molar-refractivity contribution in [3.8, 4) is 0 Å². The van der Waals surface area contributed by atoms with E-state index in [1.807, 2.05) is 6.92 Å². The second-order valence-corrected chi connectivity index (χ2v) is 5.32. The lowest BCUT2D eigenvalue weighted by molar-refractivity contribution is -0.119. The Morgan fingerprint density at radius 2 is 2.38 bits per heavy atom. The van der Waals surface area contributed by atoms with E-state index in [1.54, 1.807) is 7.05 Å². The number of aromatic nitrogens is 2. The largest absolute Gasteiger partial charge is 0.370 e. The maximum absolute atomic E-state index is 11.1. The predicted molar refractivity (Wildman–Crippen MR) is 77.3 cm³/mol. The molecule has 0 spiro atoms. The zero-order valence-corrected chi connectivity index (χ0v) is 12.5. The number of amides is 1. The molecule has 1 aromatic heterocycles. The maximum atomic E-state index is 11.1. The van der Waals surface area contributed by atoms with Gasteiger partial charge in [0.1, 0.15) is 11.4 Å². The zero-order valence-electron chi connectivity index (χ0n) is 12.5. The third-order valence-electron chi connectivity index (χ3n) is 3.68. The molecule has 1 fully saturated rings. The number of nitrogens with two attached hydrogens (primary N) is 1. The van der Waals surface area contributed by atoms with Crippen molar-refractivity contribution in [2.45, 2.75) is 32.7 Å². The normalized spacial score (nSPS) is 19.6. The Kier molecular flexibility index (Phi) is 5.13. The van der Waals surface area contributed by atoms with Crippen LogP contribution >= 0.6 is 0 Å². The van der Waals surface area contributed by atoms with Crippen LogP contribution in [0.3, 0.4) is 0 Å². The molecule has 0 bridgehead atoms. The van der Waals surface area contributed by atoms with Gasteiger partial charge in [-0.3, -0.25) is 9.79 Å². The van der Waals surface area contributed by atoms with Crippen molar-refractivity contribution >= 4 is 11.9 Å². The van der Waals surface area contributed by atoms with E-state index in [4.69, 9.17) is 5.73 Å². The van der Waals surface area contributed by atoms with Crippen LogP contribution in [0.5, 0.6) is 0 Å². The molecular formula is C13H22N6O2. The molecule has 2 rings (SSSR count). The van der Waals surface area contributed by atoms with Gasteiger partial charge in [0, 0.05) is 26.6 Å². The van der Waals surface area contributed by atoms with Gasteiger partial charge in [0.25, 0.3) is 0 Å². The van der Waals surface area contributed by atoms with E-state index in [-0.39, 0.29) is 5.91 Å². The second-order valence-electron chi connectivity index (χ2n) is 5.32. The predicted octanol–water partition coefficient (Wildman–Crippen LogP) is 0.0408. The fourth-order valence-electron chi connectivity index (χ4n) is 2.61. The lowest BCUT2D eigenvalue weighted by Gasteiger charge is -2.34. The van der Waals surface area contributed by atoms with Crippen molar-refractivity contribution in [2.75, 3.05) is 20.1 Å². The number of nitrogens with one attached hydrogen (secondary N) is 1. The van der Waals surface area contributed by atoms with E-state index in [2.05, 4.69) is 30.2 Å². The molecule has 1 aliphatic heterocycles. The van der Waals surface area contributed by atoms with Crippen LogP contribution in [0, 0.1) is 12.8 Å². The summed E-state index contributed by atoms with van der Waals surface area (Å²) >= 11 is 0. The minimum absolute atomic E-state index is 0.242. The van der Waals surface area contributed by atoms with Crippen LogP contribution in [0.25, 0.3) is 0 Å². The molecule has 2 heterocycles. The van der Waals surface area contributed by atoms with Crippen LogP contribution in [-0.2, 0) is 11.3 Å². The molecule has 8 heteroatoms. The topological polar surface area (TPSA) is 110 Å². The molecule has 8 nitrogen and oxygen atoms in total. The van der Waals surface area contributed by atoms with Crippen molar-refractivity contribution in [3.05, 3.63) is 11.4 Å². The minimum Gasteiger partial charge on any atom is -0.370 e. The summed E-state index contributed by atoms with van der Waals surface area (Å²) in [5.41, 5.74) is 6.82. The number of hydrogen-bond donors (Lipinski definition) is 2. The number of rotatable bonds is 4. The Morgan fingerprint density at radius 1 is 1.57 bits per heavy atom. The summed E-state index contributed by atoms with van der Waals surface area (Å²) in [6.45, 7) is 4.07. The Bertz CT molecular complexity index is 513. The SMILES string of the molecule is CN=C(NCc1nonc1C)N1CCCC(CC(N)=O)C1. The highest BCUT2D eigenvalue weighted by molar-refractivity contribution is 5.80. The van der Waals surface area contributed by atoms with Crippen LogP contribution in [0.15, 0.2) is 9.62 Å². The Balaban J connectivity index is 1.91. The Hall–Kier alpha value is -2.12. The quantitative estimate of drug-likeness (QED) is 0.599. The molecule has 116 valence electrons. The standard InChI is InChI=1S/C13H22N6O2/c1-9-11(18-21-17-9)7-16-13(15-2)19-5-3-4-10(8-19)6-12(14)20/h10H,3-8H2,1-2H3,(H2,14,20)(H,15,16). The van der Waals surface area contributed by atoms with E-state index in [0.717, 1.165) is 43.3 Å². The number of piperidine rings is 1. The lowest BCUT2D eigenvalue weighted by atomic mass is 9.95. The molecular weight excluding hydrogens is 272 g/mol. The summed E-state index contributed by atoms with van der Waals surface area (Å²) in [5.74, 6) is 0.853. The van der Waals surface area contributed by atoms with Gasteiger partial charge in [-0.1, -0.05) is 10.3 Å². The summed E-state index contributed by atoms with van der Waals surface area (Å²) in [5, 5.41) is 10.8. The van der Waals surface area contributed by atoms with Crippen molar-refractivity contribution in [3.63, 3.8) is 0 Å². The van der Waals surface area contributed by atoms with E-state index < -0.39 is 0 Å². The third-order valence-corrected chi connectivity index (χ3v) is 3.68. The molecule has 0 aliphatic carbocycles. The van der Waals surface area contributed by atoms with Gasteiger partial charge in [-0.15, -0.1) is 0 Å². The fourth-order valence-corrected chi connectivity index (χ4v) is 2.61. The molecule has 0 aromatic carbocycles. The van der Waals surface area contributed by atoms with E-state index >= 15 is 0 Å². The summed E-state index contributed by atoms with van der Waals surface area (Å²) in [7, 11) is 1.74. The first-order valence-electron chi connectivity index (χ1n) is 7.12. The monoisotopic (exact) mass is 294 g/mol. The molecule has 21 heavy (non-hydrogen) atoms. The van der Waals surface area contributed by atoms with Gasteiger partial charge in [0.15, 0.2) is 5.96 Å². The molecule has 3 N–H and O–H groups in total.